The molecular weight excluding hydrogens is 436 g/mol. The number of nitrogens with one attached hydrogen (secondary N) is 2. The van der Waals surface area contributed by atoms with Crippen molar-refractivity contribution in [3.05, 3.63) is 72.4 Å². The Hall–Kier alpha value is -4.40. The lowest BCUT2D eigenvalue weighted by Crippen LogP contribution is -2.41. The Morgan fingerprint density at radius 1 is 1.12 bits per heavy atom. The Morgan fingerprint density at radius 3 is 2.71 bits per heavy atom. The molecule has 0 spiro atoms. The number of esters is 1. The summed E-state index contributed by atoms with van der Waals surface area (Å²) < 4.78 is 10.7. The van der Waals surface area contributed by atoms with E-state index in [0.717, 1.165) is 0 Å². The zero-order valence-electron chi connectivity index (χ0n) is 18.8. The number of nitrogens with zero attached hydrogens (tertiary/aromatic N) is 2. The summed E-state index contributed by atoms with van der Waals surface area (Å²) in [5.41, 5.74) is 1.89. The van der Waals surface area contributed by atoms with Crippen LogP contribution in [0.3, 0.4) is 0 Å². The second-order valence-electron chi connectivity index (χ2n) is 7.68. The molecule has 9 heteroatoms. The van der Waals surface area contributed by atoms with E-state index < -0.39 is 24.5 Å². The first-order valence-corrected chi connectivity index (χ1v) is 10.7. The Bertz CT molecular complexity index is 1230. The fourth-order valence-electron chi connectivity index (χ4n) is 3.79. The van der Waals surface area contributed by atoms with E-state index >= 15 is 0 Å². The Morgan fingerprint density at radius 2 is 1.88 bits per heavy atom. The van der Waals surface area contributed by atoms with Gasteiger partial charge < -0.3 is 25.0 Å². The number of carbonyl (C=O) groups excluding carboxylic acids is 3. The maximum Gasteiger partial charge on any atom is 0.342 e. The highest BCUT2D eigenvalue weighted by Crippen LogP contribution is 2.31. The zero-order valence-corrected chi connectivity index (χ0v) is 18.8. The first-order valence-electron chi connectivity index (χ1n) is 10.7. The molecule has 2 heterocycles. The molecule has 0 saturated carbocycles. The third kappa shape index (κ3) is 4.83. The van der Waals surface area contributed by atoms with Gasteiger partial charge in [0.15, 0.2) is 6.61 Å². The average Bonchev–Trinajstić information content (AvgIpc) is 2.97. The van der Waals surface area contributed by atoms with Crippen molar-refractivity contribution in [2.24, 2.45) is 0 Å². The number of hydrogen-bond acceptors (Lipinski definition) is 7. The number of benzene rings is 2. The van der Waals surface area contributed by atoms with Crippen LogP contribution in [-0.4, -0.2) is 42.5 Å². The number of carbonyl (C=O) groups is 3. The number of anilines is 4. The van der Waals surface area contributed by atoms with Gasteiger partial charge in [-0.2, -0.15) is 0 Å². The van der Waals surface area contributed by atoms with Gasteiger partial charge in [0, 0.05) is 18.7 Å². The van der Waals surface area contributed by atoms with Crippen molar-refractivity contribution in [2.75, 3.05) is 29.3 Å². The number of pyridine rings is 1. The molecule has 3 aromatic rings. The van der Waals surface area contributed by atoms with Crippen LogP contribution in [0.4, 0.5) is 22.9 Å². The van der Waals surface area contributed by atoms with Crippen molar-refractivity contribution in [3.8, 4) is 5.75 Å². The molecule has 2 amide bonds. The van der Waals surface area contributed by atoms with E-state index in [2.05, 4.69) is 15.6 Å². The van der Waals surface area contributed by atoms with Crippen molar-refractivity contribution in [2.45, 2.75) is 19.4 Å². The number of fused-ring (bicyclic) bond motifs is 1. The first-order chi connectivity index (χ1) is 16.5. The molecule has 1 atom stereocenters. The lowest BCUT2D eigenvalue weighted by atomic mass is 10.1. The van der Waals surface area contributed by atoms with Gasteiger partial charge in [0.25, 0.3) is 5.91 Å². The molecule has 0 saturated heterocycles. The molecule has 1 aromatic heterocycles. The summed E-state index contributed by atoms with van der Waals surface area (Å²) >= 11 is 0. The van der Waals surface area contributed by atoms with Gasteiger partial charge >= 0.3 is 5.97 Å². The molecule has 0 fully saturated rings. The molecule has 9 nitrogen and oxygen atoms in total. The number of rotatable bonds is 6. The minimum atomic E-state index is -0.705. The Balaban J connectivity index is 1.50. The van der Waals surface area contributed by atoms with E-state index in [1.54, 1.807) is 68.8 Å². The van der Waals surface area contributed by atoms with E-state index in [-0.39, 0.29) is 23.7 Å². The van der Waals surface area contributed by atoms with Crippen LogP contribution in [-0.2, 0) is 14.3 Å². The molecule has 2 aromatic carbocycles. The molecule has 4 rings (SSSR count). The van der Waals surface area contributed by atoms with Gasteiger partial charge in [0.2, 0.25) is 5.91 Å². The van der Waals surface area contributed by atoms with Crippen LogP contribution in [0.5, 0.6) is 5.75 Å². The van der Waals surface area contributed by atoms with Crippen molar-refractivity contribution in [3.63, 3.8) is 0 Å². The highest BCUT2D eigenvalue weighted by Gasteiger charge is 2.30. The van der Waals surface area contributed by atoms with E-state index in [9.17, 15) is 14.4 Å². The number of para-hydroxylation sites is 4. The molecule has 34 heavy (non-hydrogen) atoms. The molecule has 2 N–H and O–H groups in total. The smallest absolute Gasteiger partial charge is 0.342 e. The summed E-state index contributed by atoms with van der Waals surface area (Å²) in [6.45, 7) is 1.28. The molecule has 1 unspecified atom stereocenters. The topological polar surface area (TPSA) is 110 Å². The van der Waals surface area contributed by atoms with Gasteiger partial charge in [-0.25, -0.2) is 9.78 Å². The van der Waals surface area contributed by atoms with E-state index in [1.165, 1.54) is 4.90 Å². The maximum atomic E-state index is 13.1. The summed E-state index contributed by atoms with van der Waals surface area (Å²) in [4.78, 5) is 43.8. The Labute approximate surface area is 196 Å². The monoisotopic (exact) mass is 460 g/mol. The highest BCUT2D eigenvalue weighted by atomic mass is 16.5. The third-order valence-electron chi connectivity index (χ3n) is 5.34. The SMILES string of the molecule is COc1ccccc1Nc1ncccc1C(=O)OCC(=O)N1c2ccccc2NC(=O)CC1C. The van der Waals surface area contributed by atoms with Crippen molar-refractivity contribution in [1.82, 2.24) is 4.98 Å². The number of ether oxygens (including phenoxy) is 2. The summed E-state index contributed by atoms with van der Waals surface area (Å²) in [7, 11) is 1.55. The van der Waals surface area contributed by atoms with Crippen LogP contribution < -0.4 is 20.3 Å². The predicted molar refractivity (Wildman–Crippen MR) is 127 cm³/mol. The summed E-state index contributed by atoms with van der Waals surface area (Å²) in [5, 5.41) is 5.88. The number of amides is 2. The van der Waals surface area contributed by atoms with Crippen molar-refractivity contribution < 1.29 is 23.9 Å². The van der Waals surface area contributed by atoms with Crippen LogP contribution in [0.25, 0.3) is 0 Å². The molecule has 0 aliphatic carbocycles. The van der Waals surface area contributed by atoms with Gasteiger partial charge in [-0.15, -0.1) is 0 Å². The van der Waals surface area contributed by atoms with Gasteiger partial charge in [-0.1, -0.05) is 24.3 Å². The molecule has 174 valence electrons. The summed E-state index contributed by atoms with van der Waals surface area (Å²) in [6, 6.07) is 17.0. The van der Waals surface area contributed by atoms with Crippen molar-refractivity contribution >= 4 is 40.7 Å². The molecule has 1 aliphatic heterocycles. The number of hydrogen-bond donors (Lipinski definition) is 2. The van der Waals surface area contributed by atoms with Crippen LogP contribution in [0.15, 0.2) is 66.9 Å². The molecular formula is C25H24N4O5. The predicted octanol–water partition coefficient (Wildman–Crippen LogP) is 3.75. The van der Waals surface area contributed by atoms with Gasteiger partial charge in [0.05, 0.1) is 24.2 Å². The molecule has 1 aliphatic rings. The fourth-order valence-corrected chi connectivity index (χ4v) is 3.79. The minimum absolute atomic E-state index is 0.129. The standard InChI is InChI=1S/C25H24N4O5/c1-16-14-22(30)27-18-9-3-5-11-20(18)29(16)23(31)15-34-25(32)17-8-7-13-26-24(17)28-19-10-4-6-12-21(19)33-2/h3-13,16H,14-15H2,1-2H3,(H,26,28)(H,27,30). The summed E-state index contributed by atoms with van der Waals surface area (Å²) in [6.07, 6.45) is 1.67. The lowest BCUT2D eigenvalue weighted by molar-refractivity contribution is -0.122. The fraction of sp³-hybridized carbons (Fsp3) is 0.200. The van der Waals surface area contributed by atoms with Crippen LogP contribution in [0.2, 0.25) is 0 Å². The normalized spacial score (nSPS) is 14.9. The van der Waals surface area contributed by atoms with E-state index in [1.807, 2.05) is 12.1 Å². The number of methoxy groups -OCH3 is 1. The van der Waals surface area contributed by atoms with Crippen LogP contribution in [0.1, 0.15) is 23.7 Å². The Kier molecular flexibility index (Phi) is 6.72. The van der Waals surface area contributed by atoms with Gasteiger partial charge in [0.1, 0.15) is 17.1 Å². The highest BCUT2D eigenvalue weighted by molar-refractivity contribution is 6.05. The third-order valence-corrected chi connectivity index (χ3v) is 5.34. The lowest BCUT2D eigenvalue weighted by Gasteiger charge is -2.27. The second kappa shape index (κ2) is 10.0. The zero-order chi connectivity index (χ0) is 24.1. The van der Waals surface area contributed by atoms with Crippen molar-refractivity contribution in [1.29, 1.82) is 0 Å². The van der Waals surface area contributed by atoms with Crippen LogP contribution in [0, 0.1) is 0 Å². The van der Waals surface area contributed by atoms with Gasteiger partial charge in [-0.05, 0) is 43.3 Å². The van der Waals surface area contributed by atoms with Gasteiger partial charge in [-0.3, -0.25) is 9.59 Å². The second-order valence-corrected chi connectivity index (χ2v) is 7.68. The molecule has 0 radical (unpaired) electrons. The van der Waals surface area contributed by atoms with E-state index in [0.29, 0.717) is 22.8 Å². The molecule has 0 bridgehead atoms. The van der Waals surface area contributed by atoms with Crippen LogP contribution >= 0.6 is 0 Å². The number of aromatic nitrogens is 1. The first kappa shape index (κ1) is 22.8. The minimum Gasteiger partial charge on any atom is -0.495 e. The average molecular weight is 460 g/mol. The quantitative estimate of drug-likeness (QED) is 0.539. The largest absolute Gasteiger partial charge is 0.495 e. The summed E-state index contributed by atoms with van der Waals surface area (Å²) in [5.74, 6) is -0.473. The maximum absolute atomic E-state index is 13.1. The van der Waals surface area contributed by atoms with E-state index in [4.69, 9.17) is 9.47 Å².